The van der Waals surface area contributed by atoms with E-state index >= 15 is 0 Å². The van der Waals surface area contributed by atoms with Crippen LogP contribution in [0, 0.1) is 5.92 Å². The summed E-state index contributed by atoms with van der Waals surface area (Å²) in [4.78, 5) is 17.2. The van der Waals surface area contributed by atoms with Crippen LogP contribution < -0.4 is 4.74 Å². The van der Waals surface area contributed by atoms with Crippen LogP contribution in [0.3, 0.4) is 0 Å². The summed E-state index contributed by atoms with van der Waals surface area (Å²) in [5.74, 6) is 1.88. The summed E-state index contributed by atoms with van der Waals surface area (Å²) in [7, 11) is 0. The number of rotatable bonds is 4. The maximum absolute atomic E-state index is 12.6. The summed E-state index contributed by atoms with van der Waals surface area (Å²) in [5.41, 5.74) is 2.50. The van der Waals surface area contributed by atoms with Crippen molar-refractivity contribution in [2.24, 2.45) is 5.92 Å². The molecule has 1 aromatic rings. The van der Waals surface area contributed by atoms with Crippen LogP contribution >= 0.6 is 0 Å². The van der Waals surface area contributed by atoms with Gasteiger partial charge in [-0.25, -0.2) is 0 Å². The van der Waals surface area contributed by atoms with Gasteiger partial charge in [0.25, 0.3) is 0 Å². The molecule has 1 atom stereocenters. The minimum absolute atomic E-state index is 0.144. The molecule has 1 aliphatic carbocycles. The Hall–Kier alpha value is -1.55. The van der Waals surface area contributed by atoms with Crippen molar-refractivity contribution in [3.8, 4) is 5.75 Å². The first-order chi connectivity index (χ1) is 11.7. The van der Waals surface area contributed by atoms with Gasteiger partial charge in [-0.2, -0.15) is 0 Å². The maximum atomic E-state index is 12.6. The fourth-order valence-electron chi connectivity index (χ4n) is 3.85. The lowest BCUT2D eigenvalue weighted by Crippen LogP contribution is -2.39. The van der Waals surface area contributed by atoms with Crippen LogP contribution in [0.2, 0.25) is 0 Å². The van der Waals surface area contributed by atoms with Crippen molar-refractivity contribution < 1.29 is 9.53 Å². The van der Waals surface area contributed by atoms with E-state index < -0.39 is 0 Å². The first kappa shape index (κ1) is 15.9. The Labute approximate surface area is 144 Å². The van der Waals surface area contributed by atoms with E-state index in [1.165, 1.54) is 49.9 Å². The highest BCUT2D eigenvalue weighted by Gasteiger charge is 2.31. The van der Waals surface area contributed by atoms with Crippen LogP contribution in [0.4, 0.5) is 0 Å². The molecule has 1 aromatic carbocycles. The van der Waals surface area contributed by atoms with E-state index in [1.54, 1.807) is 0 Å². The predicted molar refractivity (Wildman–Crippen MR) is 93.8 cm³/mol. The molecule has 0 bridgehead atoms. The number of nitrogens with zero attached hydrogens (tertiary/aromatic N) is 2. The number of likely N-dealkylation sites (tertiary alicyclic amines) is 1. The van der Waals surface area contributed by atoms with Crippen LogP contribution in [-0.2, 0) is 17.9 Å². The maximum Gasteiger partial charge on any atom is 0.223 e. The number of hydrogen-bond acceptors (Lipinski definition) is 3. The van der Waals surface area contributed by atoms with Gasteiger partial charge in [0.05, 0.1) is 6.04 Å². The summed E-state index contributed by atoms with van der Waals surface area (Å²) < 4.78 is 5.98. The Morgan fingerprint density at radius 1 is 1.25 bits per heavy atom. The average molecular weight is 328 g/mol. The quantitative estimate of drug-likeness (QED) is 0.851. The molecular weight excluding hydrogens is 300 g/mol. The minimum Gasteiger partial charge on any atom is -0.491 e. The van der Waals surface area contributed by atoms with Crippen LogP contribution in [0.5, 0.6) is 5.75 Å². The Bertz CT molecular complexity index is 606. The van der Waals surface area contributed by atoms with Gasteiger partial charge in [-0.3, -0.25) is 9.69 Å². The van der Waals surface area contributed by atoms with Crippen molar-refractivity contribution in [1.29, 1.82) is 0 Å². The number of ether oxygens (including phenoxy) is 1. The number of hydrogen-bond donors (Lipinski definition) is 0. The van der Waals surface area contributed by atoms with Gasteiger partial charge < -0.3 is 9.64 Å². The third-order valence-corrected chi connectivity index (χ3v) is 5.56. The number of benzene rings is 1. The average Bonchev–Trinajstić information content (AvgIpc) is 3.27. The number of carbonyl (C=O) groups is 1. The molecule has 2 heterocycles. The topological polar surface area (TPSA) is 32.8 Å². The lowest BCUT2D eigenvalue weighted by atomic mass is 10.1. The molecule has 0 radical (unpaired) electrons. The van der Waals surface area contributed by atoms with E-state index in [1.807, 2.05) is 4.90 Å². The summed E-state index contributed by atoms with van der Waals surface area (Å²) in [6.45, 7) is 6.80. The third-order valence-electron chi connectivity index (χ3n) is 5.56. The molecule has 1 saturated carbocycles. The van der Waals surface area contributed by atoms with Gasteiger partial charge in [-0.15, -0.1) is 0 Å². The first-order valence-corrected chi connectivity index (χ1v) is 9.45. The Kier molecular flexibility index (Phi) is 4.49. The number of carbonyl (C=O) groups excluding carboxylic acids is 1. The molecule has 24 heavy (non-hydrogen) atoms. The molecule has 0 spiro atoms. The second kappa shape index (κ2) is 6.75. The van der Waals surface area contributed by atoms with Crippen molar-refractivity contribution in [2.75, 3.05) is 19.7 Å². The molecule has 0 unspecified atom stereocenters. The molecule has 0 aromatic heterocycles. The Morgan fingerprint density at radius 2 is 2.04 bits per heavy atom. The van der Waals surface area contributed by atoms with E-state index in [9.17, 15) is 4.79 Å². The molecule has 130 valence electrons. The van der Waals surface area contributed by atoms with Gasteiger partial charge in [0.15, 0.2) is 0 Å². The van der Waals surface area contributed by atoms with E-state index in [0.717, 1.165) is 12.3 Å². The molecule has 4 nitrogen and oxygen atoms in total. The van der Waals surface area contributed by atoms with Crippen molar-refractivity contribution in [2.45, 2.75) is 58.2 Å². The molecule has 0 N–H and O–H groups in total. The van der Waals surface area contributed by atoms with Gasteiger partial charge >= 0.3 is 0 Å². The summed E-state index contributed by atoms with van der Waals surface area (Å²) >= 11 is 0. The number of amides is 1. The van der Waals surface area contributed by atoms with Gasteiger partial charge in [-0.1, -0.05) is 6.07 Å². The monoisotopic (exact) mass is 328 g/mol. The highest BCUT2D eigenvalue weighted by molar-refractivity contribution is 5.77. The van der Waals surface area contributed by atoms with Gasteiger partial charge in [-0.05, 0) is 69.3 Å². The lowest BCUT2D eigenvalue weighted by Gasteiger charge is -2.26. The van der Waals surface area contributed by atoms with Crippen molar-refractivity contribution in [3.63, 3.8) is 0 Å². The molecule has 2 fully saturated rings. The highest BCUT2D eigenvalue weighted by Crippen LogP contribution is 2.34. The zero-order valence-electron chi connectivity index (χ0n) is 14.7. The predicted octanol–water partition coefficient (Wildman–Crippen LogP) is 3.19. The largest absolute Gasteiger partial charge is 0.491 e. The van der Waals surface area contributed by atoms with E-state index in [0.29, 0.717) is 31.4 Å². The van der Waals surface area contributed by atoms with Gasteiger partial charge in [0.2, 0.25) is 5.91 Å². The number of fused-ring (bicyclic) bond motifs is 1. The zero-order chi connectivity index (χ0) is 16.5. The second-order valence-corrected chi connectivity index (χ2v) is 7.75. The normalized spacial score (nSPS) is 24.4. The van der Waals surface area contributed by atoms with Crippen LogP contribution in [-0.4, -0.2) is 41.4 Å². The summed E-state index contributed by atoms with van der Waals surface area (Å²) in [6.07, 6.45) is 5.79. The SMILES string of the molecule is C[C@H]1COc2ccc(CN3CCCC3)cc2CN1C(=O)CC1CC1. The fraction of sp³-hybridized carbons (Fsp3) is 0.650. The van der Waals surface area contributed by atoms with E-state index in [2.05, 4.69) is 30.0 Å². The molecule has 4 heteroatoms. The van der Waals surface area contributed by atoms with Crippen LogP contribution in [0.25, 0.3) is 0 Å². The Balaban J connectivity index is 1.50. The van der Waals surface area contributed by atoms with Crippen molar-refractivity contribution >= 4 is 5.91 Å². The lowest BCUT2D eigenvalue weighted by molar-refractivity contribution is -0.134. The molecule has 1 saturated heterocycles. The smallest absolute Gasteiger partial charge is 0.223 e. The second-order valence-electron chi connectivity index (χ2n) is 7.75. The van der Waals surface area contributed by atoms with Crippen LogP contribution in [0.1, 0.15) is 50.2 Å². The zero-order valence-corrected chi connectivity index (χ0v) is 14.7. The first-order valence-electron chi connectivity index (χ1n) is 9.45. The minimum atomic E-state index is 0.144. The summed E-state index contributed by atoms with van der Waals surface area (Å²) in [5, 5.41) is 0. The van der Waals surface area contributed by atoms with E-state index in [4.69, 9.17) is 4.74 Å². The molecule has 3 aliphatic rings. The molecule has 2 aliphatic heterocycles. The van der Waals surface area contributed by atoms with Gasteiger partial charge in [0, 0.05) is 25.1 Å². The highest BCUT2D eigenvalue weighted by atomic mass is 16.5. The molecular formula is C20H28N2O2. The van der Waals surface area contributed by atoms with Gasteiger partial charge in [0.1, 0.15) is 12.4 Å². The van der Waals surface area contributed by atoms with E-state index in [-0.39, 0.29) is 6.04 Å². The molecule has 4 rings (SSSR count). The van der Waals surface area contributed by atoms with Crippen molar-refractivity contribution in [3.05, 3.63) is 29.3 Å². The fourth-order valence-corrected chi connectivity index (χ4v) is 3.85. The van der Waals surface area contributed by atoms with Crippen LogP contribution in [0.15, 0.2) is 18.2 Å². The third kappa shape index (κ3) is 3.59. The Morgan fingerprint density at radius 3 is 2.79 bits per heavy atom. The molecule has 1 amide bonds. The standard InChI is InChI=1S/C20H28N2O2/c1-15-14-24-19-7-6-17(12-21-8-2-3-9-21)10-18(19)13-22(15)20(23)11-16-4-5-16/h6-7,10,15-16H,2-5,8-9,11-14H2,1H3/t15-/m0/s1. The summed E-state index contributed by atoms with van der Waals surface area (Å²) in [6, 6.07) is 6.68. The van der Waals surface area contributed by atoms with Crippen molar-refractivity contribution in [1.82, 2.24) is 9.80 Å².